The number of anilines is 1. The van der Waals surface area contributed by atoms with Gasteiger partial charge in [-0.25, -0.2) is 0 Å². The van der Waals surface area contributed by atoms with Crippen LogP contribution in [-0.4, -0.2) is 16.8 Å². The fraction of sp³-hybridized carbons (Fsp3) is 0. The number of rotatable bonds is 4. The monoisotopic (exact) mass is 317 g/mol. The Balaban J connectivity index is 1.74. The number of hydrogen-bond acceptors (Lipinski definition) is 3. The molecule has 1 aromatic heterocycles. The van der Waals surface area contributed by atoms with E-state index in [2.05, 4.69) is 10.3 Å². The van der Waals surface area contributed by atoms with Crippen molar-refractivity contribution in [2.45, 2.75) is 0 Å². The molecule has 5 nitrogen and oxygen atoms in total. The van der Waals surface area contributed by atoms with E-state index < -0.39 is 5.91 Å². The number of pyridine rings is 1. The highest BCUT2D eigenvalue weighted by Crippen LogP contribution is 2.17. The maximum atomic E-state index is 12.0. The second-order valence-electron chi connectivity index (χ2n) is 5.19. The van der Waals surface area contributed by atoms with Crippen LogP contribution < -0.4 is 11.1 Å². The van der Waals surface area contributed by atoms with Crippen molar-refractivity contribution in [1.29, 1.82) is 0 Å². The Morgan fingerprint density at radius 3 is 2.50 bits per heavy atom. The average Bonchev–Trinajstić information content (AvgIpc) is 2.60. The Morgan fingerprint density at radius 1 is 1.00 bits per heavy atom. The van der Waals surface area contributed by atoms with Crippen molar-refractivity contribution in [1.82, 2.24) is 4.98 Å². The van der Waals surface area contributed by atoms with Gasteiger partial charge in [-0.2, -0.15) is 0 Å². The highest BCUT2D eigenvalue weighted by molar-refractivity contribution is 6.03. The quantitative estimate of drug-likeness (QED) is 0.725. The van der Waals surface area contributed by atoms with E-state index in [0.717, 1.165) is 16.5 Å². The molecule has 2 amide bonds. The summed E-state index contributed by atoms with van der Waals surface area (Å²) in [6.45, 7) is 0. The Labute approximate surface area is 138 Å². The lowest BCUT2D eigenvalue weighted by Crippen LogP contribution is -2.11. The van der Waals surface area contributed by atoms with E-state index in [1.165, 1.54) is 6.08 Å². The molecule has 5 heteroatoms. The van der Waals surface area contributed by atoms with E-state index in [1.54, 1.807) is 36.5 Å². The molecule has 0 atom stereocenters. The molecule has 0 bridgehead atoms. The van der Waals surface area contributed by atoms with E-state index >= 15 is 0 Å². The summed E-state index contributed by atoms with van der Waals surface area (Å²) < 4.78 is 0. The molecule has 0 saturated carbocycles. The number of para-hydroxylation sites is 1. The molecule has 24 heavy (non-hydrogen) atoms. The Hall–Kier alpha value is -3.47. The summed E-state index contributed by atoms with van der Waals surface area (Å²) in [5.74, 6) is -0.772. The number of primary amides is 1. The first-order valence-corrected chi connectivity index (χ1v) is 7.36. The van der Waals surface area contributed by atoms with Gasteiger partial charge in [0.15, 0.2) is 0 Å². The summed E-state index contributed by atoms with van der Waals surface area (Å²) >= 11 is 0. The Morgan fingerprint density at radius 2 is 1.75 bits per heavy atom. The number of nitrogens with two attached hydrogens (primary N) is 1. The molecule has 0 saturated heterocycles. The fourth-order valence-electron chi connectivity index (χ4n) is 2.33. The summed E-state index contributed by atoms with van der Waals surface area (Å²) in [7, 11) is 0. The number of nitrogens with zero attached hydrogens (tertiary/aromatic N) is 1. The fourth-order valence-corrected chi connectivity index (χ4v) is 2.33. The van der Waals surface area contributed by atoms with Crippen molar-refractivity contribution in [3.8, 4) is 0 Å². The van der Waals surface area contributed by atoms with E-state index in [0.29, 0.717) is 11.3 Å². The zero-order valence-corrected chi connectivity index (χ0v) is 12.8. The van der Waals surface area contributed by atoms with Crippen LogP contribution in [0.15, 0.2) is 66.9 Å². The SMILES string of the molecule is NC(=O)c1ccc(NC(=O)/C=C/c2cccc3cccnc23)cc1. The summed E-state index contributed by atoms with van der Waals surface area (Å²) in [4.78, 5) is 27.4. The number of hydrogen-bond donors (Lipinski definition) is 2. The smallest absolute Gasteiger partial charge is 0.248 e. The van der Waals surface area contributed by atoms with Crippen LogP contribution in [0.3, 0.4) is 0 Å². The van der Waals surface area contributed by atoms with Crippen molar-refractivity contribution in [3.63, 3.8) is 0 Å². The first kappa shape index (κ1) is 15.4. The molecule has 3 N–H and O–H groups in total. The van der Waals surface area contributed by atoms with Crippen LogP contribution in [0.5, 0.6) is 0 Å². The number of benzene rings is 2. The summed E-state index contributed by atoms with van der Waals surface area (Å²) in [6.07, 6.45) is 4.90. The van der Waals surface area contributed by atoms with Crippen LogP contribution >= 0.6 is 0 Å². The van der Waals surface area contributed by atoms with Gasteiger partial charge in [0.1, 0.15) is 0 Å². The van der Waals surface area contributed by atoms with E-state index in [9.17, 15) is 9.59 Å². The summed E-state index contributed by atoms with van der Waals surface area (Å²) in [5.41, 5.74) is 7.87. The average molecular weight is 317 g/mol. The van der Waals surface area contributed by atoms with Crippen LogP contribution in [0.4, 0.5) is 5.69 Å². The van der Waals surface area contributed by atoms with Crippen LogP contribution in [-0.2, 0) is 4.79 Å². The number of aromatic nitrogens is 1. The van der Waals surface area contributed by atoms with Gasteiger partial charge in [0.2, 0.25) is 11.8 Å². The third-order valence-electron chi connectivity index (χ3n) is 3.52. The predicted molar refractivity (Wildman–Crippen MR) is 94.4 cm³/mol. The number of nitrogens with one attached hydrogen (secondary N) is 1. The van der Waals surface area contributed by atoms with Gasteiger partial charge in [0.05, 0.1) is 5.52 Å². The third-order valence-corrected chi connectivity index (χ3v) is 3.52. The van der Waals surface area contributed by atoms with Crippen LogP contribution in [0.25, 0.3) is 17.0 Å². The summed E-state index contributed by atoms with van der Waals surface area (Å²) in [5, 5.41) is 3.74. The van der Waals surface area contributed by atoms with Crippen molar-refractivity contribution in [3.05, 3.63) is 78.0 Å². The second kappa shape index (κ2) is 6.75. The molecular weight excluding hydrogens is 302 g/mol. The molecule has 0 unspecified atom stereocenters. The minimum atomic E-state index is -0.503. The molecule has 0 aliphatic rings. The van der Waals surface area contributed by atoms with Crippen LogP contribution in [0, 0.1) is 0 Å². The van der Waals surface area contributed by atoms with Crippen LogP contribution in [0.1, 0.15) is 15.9 Å². The highest BCUT2D eigenvalue weighted by Gasteiger charge is 2.03. The van der Waals surface area contributed by atoms with Gasteiger partial charge in [-0.05, 0) is 36.4 Å². The molecule has 0 aliphatic heterocycles. The van der Waals surface area contributed by atoms with Crippen molar-refractivity contribution in [2.24, 2.45) is 5.73 Å². The normalized spacial score (nSPS) is 10.8. The van der Waals surface area contributed by atoms with Crippen molar-refractivity contribution >= 4 is 34.5 Å². The first-order valence-electron chi connectivity index (χ1n) is 7.36. The molecule has 0 spiro atoms. The number of fused-ring (bicyclic) bond motifs is 1. The molecular formula is C19H15N3O2. The minimum Gasteiger partial charge on any atom is -0.366 e. The molecule has 0 fully saturated rings. The van der Waals surface area contributed by atoms with Crippen LogP contribution in [0.2, 0.25) is 0 Å². The minimum absolute atomic E-state index is 0.269. The zero-order chi connectivity index (χ0) is 16.9. The lowest BCUT2D eigenvalue weighted by molar-refractivity contribution is -0.111. The zero-order valence-electron chi connectivity index (χ0n) is 12.8. The molecule has 1 heterocycles. The van der Waals surface area contributed by atoms with Gasteiger partial charge in [-0.3, -0.25) is 14.6 Å². The molecule has 0 aliphatic carbocycles. The molecule has 3 rings (SSSR count). The van der Waals surface area contributed by atoms with E-state index in [4.69, 9.17) is 5.73 Å². The number of carbonyl (C=O) groups excluding carboxylic acids is 2. The molecule has 0 radical (unpaired) electrons. The van der Waals surface area contributed by atoms with Gasteiger partial charge >= 0.3 is 0 Å². The standard InChI is InChI=1S/C19H15N3O2/c20-19(24)15-6-9-16(10-7-15)22-17(23)11-8-14-4-1-3-13-5-2-12-21-18(13)14/h1-12H,(H2,20,24)(H,22,23)/b11-8+. The summed E-state index contributed by atoms with van der Waals surface area (Å²) in [6, 6.07) is 16.0. The first-order chi connectivity index (χ1) is 11.6. The predicted octanol–water partition coefficient (Wildman–Crippen LogP) is 2.99. The highest BCUT2D eigenvalue weighted by atomic mass is 16.1. The molecule has 3 aromatic rings. The van der Waals surface area contributed by atoms with Gasteiger partial charge in [0.25, 0.3) is 0 Å². The van der Waals surface area contributed by atoms with Crippen molar-refractivity contribution < 1.29 is 9.59 Å². The number of carbonyl (C=O) groups is 2. The Kier molecular flexibility index (Phi) is 4.34. The van der Waals surface area contributed by atoms with Gasteiger partial charge < -0.3 is 11.1 Å². The van der Waals surface area contributed by atoms with Gasteiger partial charge in [-0.1, -0.05) is 24.3 Å². The number of amides is 2. The largest absolute Gasteiger partial charge is 0.366 e. The molecule has 2 aromatic carbocycles. The maximum Gasteiger partial charge on any atom is 0.248 e. The maximum absolute atomic E-state index is 12.0. The van der Waals surface area contributed by atoms with E-state index in [1.807, 2.05) is 30.3 Å². The van der Waals surface area contributed by atoms with Gasteiger partial charge in [-0.15, -0.1) is 0 Å². The van der Waals surface area contributed by atoms with Gasteiger partial charge in [0, 0.05) is 34.5 Å². The third kappa shape index (κ3) is 3.47. The lowest BCUT2D eigenvalue weighted by Gasteiger charge is -2.03. The molecule has 118 valence electrons. The van der Waals surface area contributed by atoms with E-state index in [-0.39, 0.29) is 5.91 Å². The second-order valence-corrected chi connectivity index (χ2v) is 5.19. The lowest BCUT2D eigenvalue weighted by atomic mass is 10.1. The topological polar surface area (TPSA) is 85.1 Å². The van der Waals surface area contributed by atoms with Crippen molar-refractivity contribution in [2.75, 3.05) is 5.32 Å². The Bertz CT molecular complexity index is 926.